The van der Waals surface area contributed by atoms with Gasteiger partial charge in [0, 0.05) is 5.69 Å². The normalized spacial score (nSPS) is 10.4. The highest BCUT2D eigenvalue weighted by Gasteiger charge is 2.07. The number of benzene rings is 1. The summed E-state index contributed by atoms with van der Waals surface area (Å²) in [4.78, 5) is 16.0. The van der Waals surface area contributed by atoms with Crippen LogP contribution in [0.15, 0.2) is 43.0 Å². The monoisotopic (exact) mass is 273 g/mol. The first kappa shape index (κ1) is 11.5. The minimum Gasteiger partial charge on any atom is -0.324 e. The average molecular weight is 274 g/mol. The summed E-state index contributed by atoms with van der Waals surface area (Å²) < 4.78 is 1.41. The maximum absolute atomic E-state index is 5.87. The van der Waals surface area contributed by atoms with Gasteiger partial charge in [0.15, 0.2) is 0 Å². The van der Waals surface area contributed by atoms with Gasteiger partial charge in [-0.2, -0.15) is 24.7 Å². The molecule has 7 nitrogen and oxygen atoms in total. The van der Waals surface area contributed by atoms with E-state index in [0.717, 1.165) is 5.69 Å². The van der Waals surface area contributed by atoms with Gasteiger partial charge in [-0.1, -0.05) is 18.2 Å². The van der Waals surface area contributed by atoms with Crippen molar-refractivity contribution in [3.05, 3.63) is 48.3 Å². The van der Waals surface area contributed by atoms with E-state index in [9.17, 15) is 0 Å². The Kier molecular flexibility index (Phi) is 3.03. The summed E-state index contributed by atoms with van der Waals surface area (Å²) in [6.45, 7) is 0. The molecule has 0 saturated heterocycles. The molecule has 0 radical (unpaired) electrons. The Hall–Kier alpha value is -2.54. The molecule has 8 heteroatoms. The lowest BCUT2D eigenvalue weighted by Gasteiger charge is -2.06. The number of anilines is 2. The molecule has 0 spiro atoms. The Morgan fingerprint density at radius 2 is 1.89 bits per heavy atom. The Labute approximate surface area is 113 Å². The summed E-state index contributed by atoms with van der Waals surface area (Å²) in [6, 6.07) is 9.53. The smallest absolute Gasteiger partial charge is 0.258 e. The molecule has 1 N–H and O–H groups in total. The van der Waals surface area contributed by atoms with Gasteiger partial charge in [-0.25, -0.2) is 4.98 Å². The predicted molar refractivity (Wildman–Crippen MR) is 69.5 cm³/mol. The van der Waals surface area contributed by atoms with Crippen molar-refractivity contribution in [1.29, 1.82) is 0 Å². The molecule has 2 aromatic heterocycles. The van der Waals surface area contributed by atoms with Gasteiger partial charge in [-0.05, 0) is 23.7 Å². The molecule has 0 aliphatic rings. The number of halogens is 1. The lowest BCUT2D eigenvalue weighted by molar-refractivity contribution is 0.796. The fourth-order valence-electron chi connectivity index (χ4n) is 1.46. The molecule has 3 aromatic rings. The lowest BCUT2D eigenvalue weighted by Crippen LogP contribution is -2.06. The summed E-state index contributed by atoms with van der Waals surface area (Å²) >= 11 is 5.87. The number of aromatic nitrogens is 6. The van der Waals surface area contributed by atoms with Crippen LogP contribution in [0.5, 0.6) is 0 Å². The van der Waals surface area contributed by atoms with Gasteiger partial charge in [0.25, 0.3) is 5.95 Å². The molecule has 0 amide bonds. The maximum atomic E-state index is 5.87. The molecule has 0 bridgehead atoms. The molecule has 2 heterocycles. The second-order valence-electron chi connectivity index (χ2n) is 3.56. The zero-order chi connectivity index (χ0) is 13.1. The van der Waals surface area contributed by atoms with Gasteiger partial charge in [0.05, 0.1) is 0 Å². The van der Waals surface area contributed by atoms with E-state index in [1.807, 2.05) is 30.3 Å². The van der Waals surface area contributed by atoms with Gasteiger partial charge in [-0.15, -0.1) is 0 Å². The molecule has 0 saturated carbocycles. The van der Waals surface area contributed by atoms with Crippen LogP contribution in [0.3, 0.4) is 0 Å². The van der Waals surface area contributed by atoms with E-state index in [1.54, 1.807) is 0 Å². The van der Waals surface area contributed by atoms with Crippen molar-refractivity contribution in [2.45, 2.75) is 0 Å². The van der Waals surface area contributed by atoms with Gasteiger partial charge >= 0.3 is 0 Å². The molecule has 0 aliphatic carbocycles. The van der Waals surface area contributed by atoms with Crippen LogP contribution >= 0.6 is 11.6 Å². The third kappa shape index (κ3) is 2.66. The first-order valence-corrected chi connectivity index (χ1v) is 5.78. The summed E-state index contributed by atoms with van der Waals surface area (Å²) in [6.07, 6.45) is 2.87. The molecular formula is C11H8ClN7. The number of nitrogens with zero attached hydrogens (tertiary/aromatic N) is 6. The minimum absolute atomic E-state index is 0.0823. The summed E-state index contributed by atoms with van der Waals surface area (Å²) in [5.74, 6) is 0.646. The highest BCUT2D eigenvalue weighted by molar-refractivity contribution is 6.28. The summed E-state index contributed by atoms with van der Waals surface area (Å²) in [5.41, 5.74) is 0.856. The Balaban J connectivity index is 1.94. The fourth-order valence-corrected chi connectivity index (χ4v) is 1.62. The molecule has 94 valence electrons. The largest absolute Gasteiger partial charge is 0.324 e. The highest BCUT2D eigenvalue weighted by atomic mass is 35.5. The van der Waals surface area contributed by atoms with Crippen LogP contribution in [-0.2, 0) is 0 Å². The van der Waals surface area contributed by atoms with Crippen LogP contribution in [0.25, 0.3) is 5.95 Å². The zero-order valence-corrected chi connectivity index (χ0v) is 10.4. The molecule has 0 aliphatic heterocycles. The van der Waals surface area contributed by atoms with Gasteiger partial charge in [0.2, 0.25) is 11.2 Å². The van der Waals surface area contributed by atoms with Crippen molar-refractivity contribution in [2.24, 2.45) is 0 Å². The summed E-state index contributed by atoms with van der Waals surface area (Å²) in [5, 5.41) is 7.06. The zero-order valence-electron chi connectivity index (χ0n) is 9.60. The molecule has 0 fully saturated rings. The second kappa shape index (κ2) is 4.99. The fraction of sp³-hybridized carbons (Fsp3) is 0. The topological polar surface area (TPSA) is 81.4 Å². The minimum atomic E-state index is 0.0823. The van der Waals surface area contributed by atoms with Gasteiger partial charge in [-0.3, -0.25) is 0 Å². The van der Waals surface area contributed by atoms with E-state index in [4.69, 9.17) is 11.6 Å². The number of para-hydroxylation sites is 1. The SMILES string of the molecule is Clc1nc(Nc2ccccc2)nc(-n2cncn2)n1. The van der Waals surface area contributed by atoms with E-state index >= 15 is 0 Å². The van der Waals surface area contributed by atoms with Gasteiger partial charge < -0.3 is 5.32 Å². The number of hydrogen-bond acceptors (Lipinski definition) is 6. The van der Waals surface area contributed by atoms with Crippen molar-refractivity contribution >= 4 is 23.2 Å². The summed E-state index contributed by atoms with van der Waals surface area (Å²) in [7, 11) is 0. The van der Waals surface area contributed by atoms with Crippen molar-refractivity contribution in [1.82, 2.24) is 29.7 Å². The molecule has 0 unspecified atom stereocenters. The first-order chi connectivity index (χ1) is 9.31. The Morgan fingerprint density at radius 3 is 2.63 bits per heavy atom. The van der Waals surface area contributed by atoms with Crippen LogP contribution in [0, 0.1) is 0 Å². The van der Waals surface area contributed by atoms with Crippen LogP contribution in [-0.4, -0.2) is 29.7 Å². The average Bonchev–Trinajstić information content (AvgIpc) is 2.93. The van der Waals surface area contributed by atoms with Crippen LogP contribution in [0.1, 0.15) is 0 Å². The standard InChI is InChI=1S/C11H8ClN7/c12-9-16-10(15-8-4-2-1-3-5-8)18-11(17-9)19-7-13-6-14-19/h1-7H,(H,15,16,17,18). The third-order valence-electron chi connectivity index (χ3n) is 2.25. The molecule has 0 atom stereocenters. The van der Waals surface area contributed by atoms with Gasteiger partial charge in [0.1, 0.15) is 12.7 Å². The predicted octanol–water partition coefficient (Wildman–Crippen LogP) is 1.85. The molecule has 19 heavy (non-hydrogen) atoms. The first-order valence-electron chi connectivity index (χ1n) is 5.40. The Bertz CT molecular complexity index is 669. The highest BCUT2D eigenvalue weighted by Crippen LogP contribution is 2.14. The van der Waals surface area contributed by atoms with Crippen molar-refractivity contribution in [2.75, 3.05) is 5.32 Å². The van der Waals surface area contributed by atoms with Crippen LogP contribution < -0.4 is 5.32 Å². The second-order valence-corrected chi connectivity index (χ2v) is 3.90. The number of nitrogens with one attached hydrogen (secondary N) is 1. The third-order valence-corrected chi connectivity index (χ3v) is 2.42. The van der Waals surface area contributed by atoms with E-state index in [1.165, 1.54) is 17.3 Å². The molecular weight excluding hydrogens is 266 g/mol. The lowest BCUT2D eigenvalue weighted by atomic mass is 10.3. The van der Waals surface area contributed by atoms with Crippen molar-refractivity contribution in [3.8, 4) is 5.95 Å². The quantitative estimate of drug-likeness (QED) is 0.784. The Morgan fingerprint density at radius 1 is 1.05 bits per heavy atom. The number of rotatable bonds is 3. The molecule has 1 aromatic carbocycles. The van der Waals surface area contributed by atoms with E-state index < -0.39 is 0 Å². The van der Waals surface area contributed by atoms with Crippen LogP contribution in [0.4, 0.5) is 11.6 Å². The van der Waals surface area contributed by atoms with E-state index in [0.29, 0.717) is 11.9 Å². The number of hydrogen-bond donors (Lipinski definition) is 1. The maximum Gasteiger partial charge on any atom is 0.258 e. The van der Waals surface area contributed by atoms with E-state index in [-0.39, 0.29) is 5.28 Å². The van der Waals surface area contributed by atoms with Crippen LogP contribution in [0.2, 0.25) is 5.28 Å². The van der Waals surface area contributed by atoms with Crippen molar-refractivity contribution < 1.29 is 0 Å². The van der Waals surface area contributed by atoms with Crippen molar-refractivity contribution in [3.63, 3.8) is 0 Å². The molecule has 3 rings (SSSR count). The van der Waals surface area contributed by atoms with E-state index in [2.05, 4.69) is 30.4 Å².